The molecule has 1 saturated heterocycles. The summed E-state index contributed by atoms with van der Waals surface area (Å²) in [6.45, 7) is 2.49. The zero-order valence-corrected chi connectivity index (χ0v) is 12.6. The van der Waals surface area contributed by atoms with Crippen molar-refractivity contribution in [3.05, 3.63) is 22.9 Å². The van der Waals surface area contributed by atoms with Gasteiger partial charge in [-0.1, -0.05) is 0 Å². The number of aliphatic hydroxyl groups is 2. The van der Waals surface area contributed by atoms with Crippen LogP contribution >= 0.6 is 0 Å². The summed E-state index contributed by atoms with van der Waals surface area (Å²) in [4.78, 5) is 17.8. The van der Waals surface area contributed by atoms with E-state index in [4.69, 9.17) is 0 Å². The van der Waals surface area contributed by atoms with Crippen LogP contribution in [-0.4, -0.2) is 54.1 Å². The van der Waals surface area contributed by atoms with Gasteiger partial charge in [0.05, 0.1) is 30.0 Å². The lowest BCUT2D eigenvalue weighted by molar-refractivity contribution is 0.0544. The van der Waals surface area contributed by atoms with E-state index in [9.17, 15) is 20.3 Å². The van der Waals surface area contributed by atoms with Crippen molar-refractivity contribution < 1.29 is 19.7 Å². The van der Waals surface area contributed by atoms with Crippen molar-refractivity contribution in [3.63, 3.8) is 0 Å². The number of anilines is 1. The number of pyridine rings is 1. The summed E-state index contributed by atoms with van der Waals surface area (Å²) >= 11 is 0. The standard InChI is InChI=1S/C15H19N3O4/c1-9-12(15(21)22-2)5-11(6-16)14(17-9)18-4-3-10(8-19)13(20)7-18/h5,10,13,19-20H,3-4,7-8H2,1-2H3/t10-,13+/m1/s1. The minimum Gasteiger partial charge on any atom is -0.465 e. The number of esters is 1. The fourth-order valence-electron chi connectivity index (χ4n) is 2.62. The highest BCUT2D eigenvalue weighted by Crippen LogP contribution is 2.26. The number of piperidine rings is 1. The van der Waals surface area contributed by atoms with E-state index >= 15 is 0 Å². The lowest BCUT2D eigenvalue weighted by atomic mass is 9.94. The number of hydrogen-bond donors (Lipinski definition) is 2. The molecule has 0 bridgehead atoms. The number of aryl methyl sites for hydroxylation is 1. The van der Waals surface area contributed by atoms with Crippen LogP contribution in [0.5, 0.6) is 0 Å². The maximum atomic E-state index is 11.7. The van der Waals surface area contributed by atoms with Crippen molar-refractivity contribution in [1.29, 1.82) is 5.26 Å². The molecule has 0 radical (unpaired) electrons. The van der Waals surface area contributed by atoms with Crippen LogP contribution in [-0.2, 0) is 4.74 Å². The second-order valence-corrected chi connectivity index (χ2v) is 5.34. The van der Waals surface area contributed by atoms with Crippen LogP contribution in [0.3, 0.4) is 0 Å². The van der Waals surface area contributed by atoms with Crippen LogP contribution in [0.4, 0.5) is 5.82 Å². The van der Waals surface area contributed by atoms with E-state index in [0.29, 0.717) is 31.0 Å². The minimum atomic E-state index is -0.673. The van der Waals surface area contributed by atoms with Gasteiger partial charge in [-0.25, -0.2) is 9.78 Å². The Labute approximate surface area is 128 Å². The molecule has 0 saturated carbocycles. The zero-order valence-electron chi connectivity index (χ0n) is 12.6. The van der Waals surface area contributed by atoms with E-state index in [1.807, 2.05) is 11.0 Å². The van der Waals surface area contributed by atoms with Crippen LogP contribution in [0.2, 0.25) is 0 Å². The lowest BCUT2D eigenvalue weighted by Crippen LogP contribution is -2.45. The first kappa shape index (κ1) is 16.2. The van der Waals surface area contributed by atoms with Gasteiger partial charge in [0.25, 0.3) is 0 Å². The lowest BCUT2D eigenvalue weighted by Gasteiger charge is -2.36. The number of hydrogen-bond acceptors (Lipinski definition) is 7. The number of ether oxygens (including phenoxy) is 1. The molecule has 2 rings (SSSR count). The van der Waals surface area contributed by atoms with Crippen LogP contribution in [0.15, 0.2) is 6.07 Å². The van der Waals surface area contributed by atoms with Gasteiger partial charge in [0.1, 0.15) is 11.9 Å². The Bertz CT molecular complexity index is 612. The molecule has 0 aliphatic carbocycles. The predicted molar refractivity (Wildman–Crippen MR) is 78.4 cm³/mol. The van der Waals surface area contributed by atoms with Gasteiger partial charge < -0.3 is 19.8 Å². The number of aliphatic hydroxyl groups excluding tert-OH is 2. The first-order chi connectivity index (χ1) is 10.5. The Morgan fingerprint density at radius 3 is 2.91 bits per heavy atom. The van der Waals surface area contributed by atoms with Crippen molar-refractivity contribution in [2.45, 2.75) is 19.4 Å². The van der Waals surface area contributed by atoms with Gasteiger partial charge in [-0.15, -0.1) is 0 Å². The summed E-state index contributed by atoms with van der Waals surface area (Å²) in [5, 5.41) is 28.5. The molecule has 118 valence electrons. The Balaban J connectivity index is 2.34. The number of carbonyl (C=O) groups excluding carboxylic acids is 1. The monoisotopic (exact) mass is 305 g/mol. The third kappa shape index (κ3) is 3.03. The van der Waals surface area contributed by atoms with Crippen molar-refractivity contribution in [2.24, 2.45) is 5.92 Å². The number of methoxy groups -OCH3 is 1. The quantitative estimate of drug-likeness (QED) is 0.770. The number of β-amino-alcohol motifs (C(OH)–C–C–N with tert-alkyl or cyclic N) is 1. The molecule has 0 amide bonds. The second-order valence-electron chi connectivity index (χ2n) is 5.34. The van der Waals surface area contributed by atoms with Crippen LogP contribution in [0.1, 0.15) is 28.0 Å². The molecule has 1 fully saturated rings. The first-order valence-corrected chi connectivity index (χ1v) is 7.05. The van der Waals surface area contributed by atoms with Crippen molar-refractivity contribution >= 4 is 11.8 Å². The van der Waals surface area contributed by atoms with Gasteiger partial charge in [-0.2, -0.15) is 5.26 Å². The summed E-state index contributed by atoms with van der Waals surface area (Å²) in [7, 11) is 1.28. The van der Waals surface area contributed by atoms with E-state index in [1.165, 1.54) is 13.2 Å². The average molecular weight is 305 g/mol. The molecule has 7 nitrogen and oxygen atoms in total. The third-order valence-corrected chi connectivity index (χ3v) is 3.97. The van der Waals surface area contributed by atoms with Gasteiger partial charge in [0.15, 0.2) is 0 Å². The maximum Gasteiger partial charge on any atom is 0.339 e. The molecular weight excluding hydrogens is 286 g/mol. The number of aromatic nitrogens is 1. The number of carbonyl (C=O) groups is 1. The summed E-state index contributed by atoms with van der Waals surface area (Å²) in [6.07, 6.45) is -0.0603. The highest BCUT2D eigenvalue weighted by molar-refractivity contribution is 5.91. The normalized spacial score (nSPS) is 21.3. The molecule has 0 aromatic carbocycles. The molecule has 1 aliphatic heterocycles. The number of nitrogens with zero attached hydrogens (tertiary/aromatic N) is 3. The van der Waals surface area contributed by atoms with Crippen molar-refractivity contribution in [1.82, 2.24) is 4.98 Å². The van der Waals surface area contributed by atoms with E-state index in [2.05, 4.69) is 9.72 Å². The fourth-order valence-corrected chi connectivity index (χ4v) is 2.62. The van der Waals surface area contributed by atoms with Gasteiger partial charge in [-0.3, -0.25) is 0 Å². The molecule has 1 aliphatic rings. The van der Waals surface area contributed by atoms with E-state index < -0.39 is 12.1 Å². The molecule has 0 spiro atoms. The van der Waals surface area contributed by atoms with E-state index in [-0.39, 0.29) is 23.7 Å². The average Bonchev–Trinajstić information content (AvgIpc) is 2.53. The summed E-state index contributed by atoms with van der Waals surface area (Å²) in [6, 6.07) is 3.50. The maximum absolute atomic E-state index is 11.7. The molecule has 2 heterocycles. The Hall–Kier alpha value is -2.17. The third-order valence-electron chi connectivity index (χ3n) is 3.97. The molecule has 1 aromatic rings. The highest BCUT2D eigenvalue weighted by atomic mass is 16.5. The second kappa shape index (κ2) is 6.73. The molecule has 7 heteroatoms. The van der Waals surface area contributed by atoms with Crippen molar-refractivity contribution in [2.75, 3.05) is 31.7 Å². The Morgan fingerprint density at radius 2 is 2.36 bits per heavy atom. The predicted octanol–water partition coefficient (Wildman–Crippen LogP) is 0.228. The topological polar surface area (TPSA) is 107 Å². The molecule has 22 heavy (non-hydrogen) atoms. The minimum absolute atomic E-state index is 0.0617. The zero-order chi connectivity index (χ0) is 16.3. The van der Waals surface area contributed by atoms with Gasteiger partial charge in [0, 0.05) is 25.6 Å². The van der Waals surface area contributed by atoms with Crippen molar-refractivity contribution in [3.8, 4) is 6.07 Å². The van der Waals surface area contributed by atoms with Gasteiger partial charge >= 0.3 is 5.97 Å². The molecule has 2 N–H and O–H groups in total. The molecule has 1 aromatic heterocycles. The largest absolute Gasteiger partial charge is 0.465 e. The molecule has 0 unspecified atom stereocenters. The smallest absolute Gasteiger partial charge is 0.339 e. The molecule has 2 atom stereocenters. The van der Waals surface area contributed by atoms with Crippen LogP contribution in [0.25, 0.3) is 0 Å². The summed E-state index contributed by atoms with van der Waals surface area (Å²) in [5.74, 6) is -0.243. The Kier molecular flexibility index (Phi) is 4.96. The first-order valence-electron chi connectivity index (χ1n) is 7.05. The van der Waals surface area contributed by atoms with E-state index in [1.54, 1.807) is 6.92 Å². The highest BCUT2D eigenvalue weighted by Gasteiger charge is 2.29. The van der Waals surface area contributed by atoms with Crippen LogP contribution in [0, 0.1) is 24.2 Å². The number of rotatable bonds is 3. The van der Waals surface area contributed by atoms with Gasteiger partial charge in [0.2, 0.25) is 0 Å². The van der Waals surface area contributed by atoms with Crippen LogP contribution < -0.4 is 4.90 Å². The molecular formula is C15H19N3O4. The summed E-state index contributed by atoms with van der Waals surface area (Å²) < 4.78 is 4.68. The van der Waals surface area contributed by atoms with E-state index in [0.717, 1.165) is 0 Å². The number of nitriles is 1. The SMILES string of the molecule is COC(=O)c1cc(C#N)c(N2CC[C@H](CO)[C@@H](O)C2)nc1C. The summed E-state index contributed by atoms with van der Waals surface area (Å²) in [5.41, 5.74) is 0.994. The van der Waals surface area contributed by atoms with Gasteiger partial charge in [-0.05, 0) is 19.4 Å². The fraction of sp³-hybridized carbons (Fsp3) is 0.533. The Morgan fingerprint density at radius 1 is 1.64 bits per heavy atom.